The Morgan fingerprint density at radius 3 is 2.52 bits per heavy atom. The Hall–Kier alpha value is -2.36. The zero-order valence-corrected chi connectivity index (χ0v) is 16.1. The number of aliphatic hydroxyl groups is 1. The third kappa shape index (κ3) is 4.32. The van der Waals surface area contributed by atoms with E-state index in [-0.39, 0.29) is 23.0 Å². The van der Waals surface area contributed by atoms with Crippen molar-refractivity contribution in [3.8, 4) is 5.75 Å². The molecule has 0 unspecified atom stereocenters. The van der Waals surface area contributed by atoms with E-state index in [0.717, 1.165) is 0 Å². The molecule has 1 saturated heterocycles. The van der Waals surface area contributed by atoms with Gasteiger partial charge in [-0.25, -0.2) is 4.39 Å². The van der Waals surface area contributed by atoms with E-state index >= 15 is 0 Å². The van der Waals surface area contributed by atoms with E-state index in [9.17, 15) is 19.1 Å². The average Bonchev–Trinajstić information content (AvgIpc) is 2.61. The number of ether oxygens (including phenoxy) is 1. The van der Waals surface area contributed by atoms with Crippen molar-refractivity contribution in [1.29, 1.82) is 0 Å². The summed E-state index contributed by atoms with van der Waals surface area (Å²) in [6.07, 6.45) is -1.48. The van der Waals surface area contributed by atoms with Crippen LogP contribution >= 0.6 is 28.1 Å². The van der Waals surface area contributed by atoms with Gasteiger partial charge in [-0.3, -0.25) is 9.59 Å². The maximum atomic E-state index is 13.8. The highest BCUT2D eigenvalue weighted by Crippen LogP contribution is 2.34. The van der Waals surface area contributed by atoms with E-state index in [0.29, 0.717) is 10.0 Å². The maximum Gasteiger partial charge on any atom is 0.241 e. The number of thiocarbonyl (C=S) groups is 1. The SMILES string of the molecule is O=C1NC(=S)NC(=O)C1[C@H](O)c1cc(Br)ccc1OCc1ccccc1F. The summed E-state index contributed by atoms with van der Waals surface area (Å²) in [6.45, 7) is -0.0822. The molecule has 140 valence electrons. The molecule has 0 saturated carbocycles. The summed E-state index contributed by atoms with van der Waals surface area (Å²) in [4.78, 5) is 24.3. The first-order valence-corrected chi connectivity index (χ1v) is 9.06. The minimum atomic E-state index is -1.48. The van der Waals surface area contributed by atoms with Crippen LogP contribution in [-0.2, 0) is 16.2 Å². The summed E-state index contributed by atoms with van der Waals surface area (Å²) >= 11 is 8.04. The number of carbonyl (C=O) groups excluding carboxylic acids is 2. The number of benzene rings is 2. The maximum absolute atomic E-state index is 13.8. The van der Waals surface area contributed by atoms with Crippen molar-refractivity contribution >= 4 is 45.1 Å². The van der Waals surface area contributed by atoms with Gasteiger partial charge in [0.2, 0.25) is 11.8 Å². The minimum Gasteiger partial charge on any atom is -0.488 e. The highest BCUT2D eigenvalue weighted by atomic mass is 79.9. The fourth-order valence-corrected chi connectivity index (χ4v) is 3.23. The van der Waals surface area contributed by atoms with Gasteiger partial charge in [0.25, 0.3) is 0 Å². The number of rotatable bonds is 5. The van der Waals surface area contributed by atoms with Crippen LogP contribution in [0.2, 0.25) is 0 Å². The number of halogens is 2. The van der Waals surface area contributed by atoms with Gasteiger partial charge < -0.3 is 20.5 Å². The zero-order chi connectivity index (χ0) is 19.6. The van der Waals surface area contributed by atoms with Gasteiger partial charge in [0.05, 0.1) is 0 Å². The van der Waals surface area contributed by atoms with Crippen LogP contribution in [0.1, 0.15) is 17.2 Å². The summed E-state index contributed by atoms with van der Waals surface area (Å²) in [7, 11) is 0. The Kier molecular flexibility index (Phi) is 5.83. The molecule has 0 aliphatic carbocycles. The number of aliphatic hydroxyl groups excluding tert-OH is 1. The molecular weight excluding hydrogens is 439 g/mol. The van der Waals surface area contributed by atoms with Gasteiger partial charge in [0.1, 0.15) is 30.2 Å². The molecule has 1 atom stereocenters. The fraction of sp³-hybridized carbons (Fsp3) is 0.167. The Bertz CT molecular complexity index is 904. The Labute approximate surface area is 167 Å². The third-order valence-corrected chi connectivity index (χ3v) is 4.68. The molecule has 1 heterocycles. The number of amides is 2. The van der Waals surface area contributed by atoms with Gasteiger partial charge in [0.15, 0.2) is 5.11 Å². The molecular formula is C18H14BrFN2O4S. The molecule has 1 aliphatic rings. The zero-order valence-electron chi connectivity index (χ0n) is 13.7. The van der Waals surface area contributed by atoms with Crippen LogP contribution in [0.4, 0.5) is 4.39 Å². The highest BCUT2D eigenvalue weighted by molar-refractivity contribution is 9.10. The van der Waals surface area contributed by atoms with Crippen LogP contribution in [-0.4, -0.2) is 22.0 Å². The Morgan fingerprint density at radius 1 is 1.19 bits per heavy atom. The number of hydrogen-bond donors (Lipinski definition) is 3. The first-order chi connectivity index (χ1) is 12.9. The standard InChI is InChI=1S/C18H14BrFN2O4S/c19-10-5-6-13(26-8-9-3-1-2-4-12(9)20)11(7-10)15(23)14-16(24)21-18(27)22-17(14)25/h1-7,14-15,23H,8H2,(H2,21,22,24,25,27)/t15-/m1/s1. The molecule has 1 fully saturated rings. The third-order valence-electron chi connectivity index (χ3n) is 3.99. The van der Waals surface area contributed by atoms with Crippen molar-refractivity contribution in [2.75, 3.05) is 0 Å². The molecule has 0 bridgehead atoms. The van der Waals surface area contributed by atoms with Crippen molar-refractivity contribution in [3.63, 3.8) is 0 Å². The quantitative estimate of drug-likeness (QED) is 0.478. The van der Waals surface area contributed by atoms with Crippen LogP contribution in [0.15, 0.2) is 46.9 Å². The topological polar surface area (TPSA) is 87.7 Å². The summed E-state index contributed by atoms with van der Waals surface area (Å²) < 4.78 is 20.1. The number of hydrogen-bond acceptors (Lipinski definition) is 5. The van der Waals surface area contributed by atoms with Crippen LogP contribution < -0.4 is 15.4 Å². The lowest BCUT2D eigenvalue weighted by atomic mass is 9.92. The second-order valence-corrected chi connectivity index (χ2v) is 7.12. The lowest BCUT2D eigenvalue weighted by Crippen LogP contribution is -2.57. The van der Waals surface area contributed by atoms with Crippen LogP contribution in [0.5, 0.6) is 5.75 Å². The second-order valence-electron chi connectivity index (χ2n) is 5.79. The number of carbonyl (C=O) groups is 2. The molecule has 2 aromatic rings. The van der Waals surface area contributed by atoms with E-state index in [1.165, 1.54) is 12.1 Å². The molecule has 27 heavy (non-hydrogen) atoms. The summed E-state index contributed by atoms with van der Waals surface area (Å²) in [5.74, 6) is -3.02. The monoisotopic (exact) mass is 452 g/mol. The molecule has 0 radical (unpaired) electrons. The normalized spacial score (nSPS) is 15.9. The summed E-state index contributed by atoms with van der Waals surface area (Å²) in [6, 6.07) is 10.9. The molecule has 3 rings (SSSR count). The smallest absolute Gasteiger partial charge is 0.241 e. The van der Waals surface area contributed by atoms with E-state index in [4.69, 9.17) is 17.0 Å². The van der Waals surface area contributed by atoms with Crippen molar-refractivity contribution in [1.82, 2.24) is 10.6 Å². The Morgan fingerprint density at radius 2 is 1.85 bits per heavy atom. The number of nitrogens with one attached hydrogen (secondary N) is 2. The van der Waals surface area contributed by atoms with Gasteiger partial charge in [-0.1, -0.05) is 34.1 Å². The van der Waals surface area contributed by atoms with Crippen LogP contribution in [0.3, 0.4) is 0 Å². The predicted octanol–water partition coefficient (Wildman–Crippen LogP) is 2.35. The van der Waals surface area contributed by atoms with Crippen molar-refractivity contribution in [2.24, 2.45) is 5.92 Å². The predicted molar refractivity (Wildman–Crippen MR) is 102 cm³/mol. The molecule has 2 amide bonds. The van der Waals surface area contributed by atoms with E-state index in [2.05, 4.69) is 26.6 Å². The van der Waals surface area contributed by atoms with Crippen molar-refractivity contribution in [2.45, 2.75) is 12.7 Å². The Balaban J connectivity index is 1.87. The van der Waals surface area contributed by atoms with Gasteiger partial charge in [-0.2, -0.15) is 0 Å². The van der Waals surface area contributed by atoms with Gasteiger partial charge in [-0.05, 0) is 36.5 Å². The minimum absolute atomic E-state index is 0.0822. The molecule has 1 aliphatic heterocycles. The molecule has 0 spiro atoms. The fourth-order valence-electron chi connectivity index (χ4n) is 2.65. The lowest BCUT2D eigenvalue weighted by Gasteiger charge is -2.27. The first kappa shape index (κ1) is 19.4. The van der Waals surface area contributed by atoms with Crippen molar-refractivity contribution < 1.29 is 23.8 Å². The van der Waals surface area contributed by atoms with Crippen LogP contribution in [0.25, 0.3) is 0 Å². The molecule has 9 heteroatoms. The molecule has 6 nitrogen and oxygen atoms in total. The first-order valence-electron chi connectivity index (χ1n) is 7.86. The van der Waals surface area contributed by atoms with E-state index in [1.807, 2.05) is 0 Å². The van der Waals surface area contributed by atoms with Gasteiger partial charge in [-0.15, -0.1) is 0 Å². The molecule has 0 aromatic heterocycles. The summed E-state index contributed by atoms with van der Waals surface area (Å²) in [5, 5.41) is 15.2. The van der Waals surface area contributed by atoms with E-state index in [1.54, 1.807) is 30.3 Å². The average molecular weight is 453 g/mol. The largest absolute Gasteiger partial charge is 0.488 e. The lowest BCUT2D eigenvalue weighted by molar-refractivity contribution is -0.140. The van der Waals surface area contributed by atoms with E-state index < -0.39 is 29.7 Å². The second kappa shape index (κ2) is 8.12. The van der Waals surface area contributed by atoms with Gasteiger partial charge in [0, 0.05) is 15.6 Å². The van der Waals surface area contributed by atoms with Crippen LogP contribution in [0, 0.1) is 11.7 Å². The van der Waals surface area contributed by atoms with Crippen molar-refractivity contribution in [3.05, 3.63) is 63.9 Å². The van der Waals surface area contributed by atoms with Gasteiger partial charge >= 0.3 is 0 Å². The molecule has 2 aromatic carbocycles. The summed E-state index contributed by atoms with van der Waals surface area (Å²) in [5.41, 5.74) is 0.545. The highest BCUT2D eigenvalue weighted by Gasteiger charge is 2.40. The molecule has 3 N–H and O–H groups in total.